The van der Waals surface area contributed by atoms with E-state index in [-0.39, 0.29) is 0 Å². The van der Waals surface area contributed by atoms with Crippen LogP contribution in [0.25, 0.3) is 0 Å². The van der Waals surface area contributed by atoms with Gasteiger partial charge >= 0.3 is 29.9 Å². The molecule has 0 aromatic carbocycles. The third-order valence-corrected chi connectivity index (χ3v) is 4.47. The van der Waals surface area contributed by atoms with Gasteiger partial charge in [-0.3, -0.25) is 14.4 Å². The molecule has 0 spiro atoms. The van der Waals surface area contributed by atoms with E-state index in [1.165, 1.54) is 0 Å². The van der Waals surface area contributed by atoms with Gasteiger partial charge in [-0.25, -0.2) is 0 Å². The summed E-state index contributed by atoms with van der Waals surface area (Å²) < 4.78 is 123. The minimum Gasteiger partial charge on any atom is -0.466 e. The van der Waals surface area contributed by atoms with Gasteiger partial charge in [0.15, 0.2) is 0 Å². The van der Waals surface area contributed by atoms with Crippen molar-refractivity contribution in [1.82, 2.24) is 0 Å². The first-order valence-electron chi connectivity index (χ1n) is 7.25. The van der Waals surface area contributed by atoms with Crippen molar-refractivity contribution in [3.63, 3.8) is 0 Å². The van der Waals surface area contributed by atoms with E-state index in [1.807, 2.05) is 0 Å². The van der Waals surface area contributed by atoms with Gasteiger partial charge in [0.2, 0.25) is 0 Å². The molecule has 0 aromatic heterocycles. The Bertz CT molecular complexity index is 639. The number of carbonyl (C=O) groups excluding carboxylic acids is 3. The third-order valence-electron chi connectivity index (χ3n) is 4.47. The summed E-state index contributed by atoms with van der Waals surface area (Å²) in [6.45, 7) is 1.52. The first-order chi connectivity index (χ1) is 11.9. The maximum atomic E-state index is 14.2. The van der Waals surface area contributed by atoms with Crippen LogP contribution in [0.5, 0.6) is 0 Å². The second-order valence-corrected chi connectivity index (χ2v) is 5.96. The van der Waals surface area contributed by atoms with Gasteiger partial charge in [-0.2, -0.15) is 39.5 Å². The summed E-state index contributed by atoms with van der Waals surface area (Å²) in [6.07, 6.45) is -7.07. The Morgan fingerprint density at radius 2 is 1.26 bits per heavy atom. The highest BCUT2D eigenvalue weighted by Crippen LogP contribution is 2.71. The average molecular weight is 416 g/mol. The number of halogens is 9. The molecule has 0 saturated heterocycles. The third kappa shape index (κ3) is 2.89. The molecule has 1 aliphatic rings. The zero-order valence-electron chi connectivity index (χ0n) is 13.9. The molecule has 2 atom stereocenters. The normalized spacial score (nSPS) is 23.0. The lowest BCUT2D eigenvalue weighted by Crippen LogP contribution is -2.62. The summed E-state index contributed by atoms with van der Waals surface area (Å²) in [5, 5.41) is 0. The minimum atomic E-state index is -7.20. The molecule has 1 rings (SSSR count). The van der Waals surface area contributed by atoms with Gasteiger partial charge in [0, 0.05) is 0 Å². The molecule has 0 bridgehead atoms. The monoisotopic (exact) mass is 416 g/mol. The molecule has 0 radical (unpaired) electrons. The van der Waals surface area contributed by atoms with Crippen LogP contribution >= 0.6 is 0 Å². The van der Waals surface area contributed by atoms with Crippen LogP contribution in [-0.2, 0) is 19.1 Å². The lowest BCUT2D eigenvalue weighted by Gasteiger charge is -2.34. The summed E-state index contributed by atoms with van der Waals surface area (Å²) in [5.41, 5.74) is -3.19. The summed E-state index contributed by atoms with van der Waals surface area (Å²) in [4.78, 5) is 35.2. The van der Waals surface area contributed by atoms with Crippen LogP contribution in [0.4, 0.5) is 39.5 Å². The number of alkyl halides is 9. The predicted molar refractivity (Wildman–Crippen MR) is 68.3 cm³/mol. The Labute approximate surface area is 146 Å². The van der Waals surface area contributed by atoms with Crippen molar-refractivity contribution in [1.29, 1.82) is 0 Å². The molecule has 0 amide bonds. The molecule has 1 fully saturated rings. The van der Waals surface area contributed by atoms with E-state index in [1.54, 1.807) is 0 Å². The number of hydrogen-bond donors (Lipinski definition) is 0. The summed E-state index contributed by atoms with van der Waals surface area (Å²) in [6, 6.07) is 0. The number of rotatable bonds is 7. The number of Topliss-reactive ketones (excluding diaryl/α,β-unsaturated/α-hetero) is 2. The molecule has 0 aromatic rings. The lowest BCUT2D eigenvalue weighted by molar-refractivity contribution is -0.400. The standard InChI is InChI=1S/C14H13F9O4/c1-4-27-9(26)7-8(10(7,5(2)24)6(3)25)11(15,16)12(17,18)13(19,20)14(21,22)23/h7-8H,4H2,1-3H3/t7-,8+/m0/s1. The molecule has 1 aliphatic carbocycles. The number of hydrogen-bond acceptors (Lipinski definition) is 4. The van der Waals surface area contributed by atoms with Gasteiger partial charge in [-0.1, -0.05) is 0 Å². The van der Waals surface area contributed by atoms with E-state index >= 15 is 0 Å². The van der Waals surface area contributed by atoms with Crippen LogP contribution < -0.4 is 0 Å². The highest BCUT2D eigenvalue weighted by Gasteiger charge is 2.92. The van der Waals surface area contributed by atoms with Crippen LogP contribution in [0.15, 0.2) is 0 Å². The van der Waals surface area contributed by atoms with Crippen molar-refractivity contribution in [3.05, 3.63) is 0 Å². The smallest absolute Gasteiger partial charge is 0.460 e. The summed E-state index contributed by atoms with van der Waals surface area (Å²) in [7, 11) is 0. The maximum Gasteiger partial charge on any atom is 0.460 e. The molecule has 13 heteroatoms. The molecular weight excluding hydrogens is 403 g/mol. The number of esters is 1. The first-order valence-corrected chi connectivity index (χ1v) is 7.25. The average Bonchev–Trinajstić information content (AvgIpc) is 3.18. The zero-order valence-corrected chi connectivity index (χ0v) is 13.9. The second kappa shape index (κ2) is 6.36. The Morgan fingerprint density at radius 3 is 1.56 bits per heavy atom. The minimum absolute atomic E-state index is 0.448. The van der Waals surface area contributed by atoms with E-state index in [0.29, 0.717) is 13.8 Å². The van der Waals surface area contributed by atoms with Crippen molar-refractivity contribution in [2.75, 3.05) is 6.61 Å². The Morgan fingerprint density at radius 1 is 0.852 bits per heavy atom. The Hall–Kier alpha value is -1.82. The van der Waals surface area contributed by atoms with Crippen molar-refractivity contribution in [2.24, 2.45) is 17.3 Å². The number of carbonyl (C=O) groups is 3. The fourth-order valence-electron chi connectivity index (χ4n) is 3.14. The van der Waals surface area contributed by atoms with E-state index < -0.39 is 65.3 Å². The Kier molecular flexibility index (Phi) is 5.47. The summed E-state index contributed by atoms with van der Waals surface area (Å²) in [5.74, 6) is -31.5. The molecule has 0 N–H and O–H groups in total. The van der Waals surface area contributed by atoms with Crippen LogP contribution in [0.2, 0.25) is 0 Å². The molecule has 1 saturated carbocycles. The molecule has 27 heavy (non-hydrogen) atoms. The van der Waals surface area contributed by atoms with Gasteiger partial charge in [0.25, 0.3) is 0 Å². The van der Waals surface area contributed by atoms with Gasteiger partial charge in [0.05, 0.1) is 18.4 Å². The maximum absolute atomic E-state index is 14.2. The number of ether oxygens (including phenoxy) is 1. The lowest BCUT2D eigenvalue weighted by atomic mass is 9.88. The molecule has 4 nitrogen and oxygen atoms in total. The van der Waals surface area contributed by atoms with Crippen molar-refractivity contribution >= 4 is 17.5 Å². The molecule has 0 unspecified atom stereocenters. The van der Waals surface area contributed by atoms with E-state index in [9.17, 15) is 53.9 Å². The topological polar surface area (TPSA) is 60.4 Å². The SMILES string of the molecule is CCOC(=O)[C@@H]1[C@@H](C(F)(F)C(F)(F)C(F)(F)C(F)(F)F)C1(C(C)=O)C(C)=O. The molecule has 0 heterocycles. The van der Waals surface area contributed by atoms with Gasteiger partial charge in [0.1, 0.15) is 17.0 Å². The van der Waals surface area contributed by atoms with Crippen LogP contribution in [0.1, 0.15) is 20.8 Å². The first kappa shape index (κ1) is 23.2. The van der Waals surface area contributed by atoms with E-state index in [2.05, 4.69) is 4.74 Å². The molecular formula is C14H13F9O4. The largest absolute Gasteiger partial charge is 0.466 e. The van der Waals surface area contributed by atoms with Gasteiger partial charge in [-0.05, 0) is 20.8 Å². The van der Waals surface area contributed by atoms with Crippen molar-refractivity contribution in [2.45, 2.75) is 44.7 Å². The van der Waals surface area contributed by atoms with E-state index in [0.717, 1.165) is 6.92 Å². The quantitative estimate of drug-likeness (QED) is 0.363. The zero-order chi connectivity index (χ0) is 21.8. The fourth-order valence-corrected chi connectivity index (χ4v) is 3.14. The highest BCUT2D eigenvalue weighted by molar-refractivity contribution is 6.13. The van der Waals surface area contributed by atoms with Crippen molar-refractivity contribution in [3.8, 4) is 0 Å². The predicted octanol–water partition coefficient (Wildman–Crippen LogP) is 3.43. The van der Waals surface area contributed by atoms with Gasteiger partial charge in [-0.15, -0.1) is 0 Å². The highest BCUT2D eigenvalue weighted by atomic mass is 19.4. The number of ketones is 2. The molecule has 0 aliphatic heterocycles. The van der Waals surface area contributed by atoms with Crippen LogP contribution in [0.3, 0.4) is 0 Å². The van der Waals surface area contributed by atoms with Gasteiger partial charge < -0.3 is 4.74 Å². The van der Waals surface area contributed by atoms with Crippen LogP contribution in [0, 0.1) is 17.3 Å². The molecule has 156 valence electrons. The summed E-state index contributed by atoms with van der Waals surface area (Å²) >= 11 is 0. The van der Waals surface area contributed by atoms with Crippen molar-refractivity contribution < 1.29 is 58.6 Å². The van der Waals surface area contributed by atoms with Crippen LogP contribution in [-0.4, -0.2) is 48.1 Å². The van der Waals surface area contributed by atoms with E-state index in [4.69, 9.17) is 0 Å². The Balaban J connectivity index is 3.61. The second-order valence-electron chi connectivity index (χ2n) is 5.96. The fraction of sp³-hybridized carbons (Fsp3) is 0.786.